The summed E-state index contributed by atoms with van der Waals surface area (Å²) in [5, 5.41) is 11.1. The van der Waals surface area contributed by atoms with Gasteiger partial charge < -0.3 is 4.74 Å². The molecule has 0 radical (unpaired) electrons. The summed E-state index contributed by atoms with van der Waals surface area (Å²) in [5.41, 5.74) is 2.71. The van der Waals surface area contributed by atoms with Crippen molar-refractivity contribution in [2.45, 2.75) is 12.8 Å². The number of carbonyl (C=O) groups excluding carboxylic acids is 2. The number of carbonyl (C=O) groups is 2. The van der Waals surface area contributed by atoms with Crippen LogP contribution in [0.5, 0.6) is 0 Å². The fraction of sp³-hybridized carbons (Fsp3) is 0.172. The molecule has 0 spiro atoms. The highest BCUT2D eigenvalue weighted by Gasteiger charge is 2.43. The van der Waals surface area contributed by atoms with Crippen molar-refractivity contribution in [3.63, 3.8) is 0 Å². The van der Waals surface area contributed by atoms with Gasteiger partial charge in [0.15, 0.2) is 5.78 Å². The van der Waals surface area contributed by atoms with Crippen LogP contribution in [-0.4, -0.2) is 29.8 Å². The summed E-state index contributed by atoms with van der Waals surface area (Å²) >= 11 is 7.78. The van der Waals surface area contributed by atoms with Crippen LogP contribution in [0.3, 0.4) is 0 Å². The number of ketones is 1. The summed E-state index contributed by atoms with van der Waals surface area (Å²) in [5.74, 6) is -2.07. The lowest BCUT2D eigenvalue weighted by molar-refractivity contribution is -0.145. The van der Waals surface area contributed by atoms with Gasteiger partial charge in [-0.2, -0.15) is 5.26 Å². The first-order chi connectivity index (χ1) is 17.5. The van der Waals surface area contributed by atoms with Crippen molar-refractivity contribution in [2.24, 2.45) is 10.9 Å². The van der Waals surface area contributed by atoms with E-state index in [4.69, 9.17) is 21.3 Å². The zero-order valence-corrected chi connectivity index (χ0v) is 21.1. The zero-order chi connectivity index (χ0) is 25.5. The molecule has 0 bridgehead atoms. The maximum atomic E-state index is 13.4. The predicted molar refractivity (Wildman–Crippen MR) is 143 cm³/mol. The van der Waals surface area contributed by atoms with Gasteiger partial charge in [-0.1, -0.05) is 102 Å². The Morgan fingerprint density at radius 3 is 2.28 bits per heavy atom. The second-order valence-electron chi connectivity index (χ2n) is 8.00. The van der Waals surface area contributed by atoms with Crippen LogP contribution in [0.1, 0.15) is 34.3 Å². The molecule has 3 aromatic carbocycles. The number of hydrogen-bond donors (Lipinski definition) is 0. The van der Waals surface area contributed by atoms with Gasteiger partial charge in [-0.05, 0) is 24.1 Å². The van der Waals surface area contributed by atoms with Crippen molar-refractivity contribution >= 4 is 40.8 Å². The van der Waals surface area contributed by atoms with Gasteiger partial charge in [0, 0.05) is 16.5 Å². The number of Topliss-reactive ketones (excluding diaryl/α,β-unsaturated/α-hetero) is 1. The van der Waals surface area contributed by atoms with Crippen molar-refractivity contribution < 1.29 is 14.3 Å². The number of ether oxygens (including phenoxy) is 1. The third-order valence-corrected chi connectivity index (χ3v) is 7.13. The van der Waals surface area contributed by atoms with Gasteiger partial charge in [0.05, 0.1) is 29.7 Å². The molecule has 0 N–H and O–H groups in total. The van der Waals surface area contributed by atoms with Crippen molar-refractivity contribution in [3.8, 4) is 6.07 Å². The molecule has 180 valence electrons. The third kappa shape index (κ3) is 5.43. The number of aliphatic imine (C=N–C) groups is 1. The maximum absolute atomic E-state index is 13.4. The Kier molecular flexibility index (Phi) is 8.37. The van der Waals surface area contributed by atoms with E-state index in [1.54, 1.807) is 31.2 Å². The number of benzene rings is 3. The minimum absolute atomic E-state index is 0.0799. The van der Waals surface area contributed by atoms with Crippen molar-refractivity contribution in [1.82, 2.24) is 0 Å². The average molecular weight is 515 g/mol. The molecule has 3 aromatic rings. The molecule has 1 aliphatic heterocycles. The van der Waals surface area contributed by atoms with Gasteiger partial charge in [-0.25, -0.2) is 4.99 Å². The second-order valence-corrected chi connectivity index (χ2v) is 9.37. The van der Waals surface area contributed by atoms with Crippen LogP contribution >= 0.6 is 23.4 Å². The number of esters is 1. The average Bonchev–Trinajstić information content (AvgIpc) is 2.92. The largest absolute Gasteiger partial charge is 0.465 e. The van der Waals surface area contributed by atoms with Gasteiger partial charge in [0.25, 0.3) is 0 Å². The van der Waals surface area contributed by atoms with Crippen molar-refractivity contribution in [2.75, 3.05) is 12.4 Å². The number of halogens is 1. The molecule has 4 rings (SSSR count). The number of hydrogen-bond acceptors (Lipinski definition) is 6. The van der Waals surface area contributed by atoms with Crippen molar-refractivity contribution in [1.29, 1.82) is 5.26 Å². The minimum atomic E-state index is -0.879. The molecule has 0 saturated carbocycles. The van der Waals surface area contributed by atoms with E-state index in [-0.39, 0.29) is 23.7 Å². The van der Waals surface area contributed by atoms with Crippen LogP contribution in [0.4, 0.5) is 0 Å². The van der Waals surface area contributed by atoms with Crippen LogP contribution in [0.2, 0.25) is 5.02 Å². The fourth-order valence-electron chi connectivity index (χ4n) is 4.16. The van der Waals surface area contributed by atoms with E-state index in [1.807, 2.05) is 60.7 Å². The summed E-state index contributed by atoms with van der Waals surface area (Å²) in [6, 6.07) is 27.7. The molecule has 1 heterocycles. The first-order valence-electron chi connectivity index (χ1n) is 11.5. The first-order valence-corrected chi connectivity index (χ1v) is 12.8. The summed E-state index contributed by atoms with van der Waals surface area (Å²) in [7, 11) is 0. The highest BCUT2D eigenvalue weighted by Crippen LogP contribution is 2.45. The molecule has 0 fully saturated rings. The lowest BCUT2D eigenvalue weighted by Crippen LogP contribution is -2.36. The molecule has 2 atom stereocenters. The number of allylic oxidation sites excluding steroid dienone is 1. The van der Waals surface area contributed by atoms with E-state index in [0.717, 1.165) is 5.56 Å². The molecule has 0 aliphatic carbocycles. The van der Waals surface area contributed by atoms with Crippen LogP contribution in [0.25, 0.3) is 0 Å². The van der Waals surface area contributed by atoms with Gasteiger partial charge in [0.1, 0.15) is 10.9 Å². The zero-order valence-electron chi connectivity index (χ0n) is 19.6. The van der Waals surface area contributed by atoms with Crippen LogP contribution in [0.15, 0.2) is 101 Å². The number of rotatable bonds is 8. The van der Waals surface area contributed by atoms with Gasteiger partial charge in [0.2, 0.25) is 0 Å². The fourth-order valence-corrected chi connectivity index (χ4v) is 5.34. The molecular weight excluding hydrogens is 492 g/mol. The second kappa shape index (κ2) is 11.9. The Bertz CT molecular complexity index is 1360. The topological polar surface area (TPSA) is 79.5 Å². The Morgan fingerprint density at radius 2 is 1.64 bits per heavy atom. The van der Waals surface area contributed by atoms with Crippen molar-refractivity contribution in [3.05, 3.63) is 117 Å². The van der Waals surface area contributed by atoms with Crippen LogP contribution in [0, 0.1) is 17.2 Å². The standard InChI is InChI=1S/C29H23ClN2O3S/c1-2-35-29(34)26-25(21-15-9-10-16-23(21)30)22(17-31)28(32-27(26)20-13-7-4-8-14-20)36-18-24(33)19-11-5-3-6-12-19/h3-16,25-26H,2,18H2,1H3. The van der Waals surface area contributed by atoms with Gasteiger partial charge in [-0.3, -0.25) is 9.59 Å². The Balaban J connectivity index is 1.85. The summed E-state index contributed by atoms with van der Waals surface area (Å²) in [4.78, 5) is 31.0. The monoisotopic (exact) mass is 514 g/mol. The molecule has 5 nitrogen and oxygen atoms in total. The summed E-state index contributed by atoms with van der Waals surface area (Å²) < 4.78 is 5.45. The van der Waals surface area contributed by atoms with E-state index in [2.05, 4.69) is 6.07 Å². The molecule has 7 heteroatoms. The van der Waals surface area contributed by atoms with Crippen LogP contribution in [-0.2, 0) is 9.53 Å². The molecule has 0 saturated heterocycles. The van der Waals surface area contributed by atoms with E-state index < -0.39 is 17.8 Å². The maximum Gasteiger partial charge on any atom is 0.316 e. The SMILES string of the molecule is CCOC(=O)C1C(c2ccccc2)=NC(SCC(=O)c2ccccc2)=C(C#N)C1c1ccccc1Cl. The number of thioether (sulfide) groups is 1. The molecule has 0 amide bonds. The Labute approximate surface area is 219 Å². The predicted octanol–water partition coefficient (Wildman–Crippen LogP) is 6.46. The third-order valence-electron chi connectivity index (χ3n) is 5.80. The smallest absolute Gasteiger partial charge is 0.316 e. The molecular formula is C29H23ClN2O3S. The summed E-state index contributed by atoms with van der Waals surface area (Å²) in [6.07, 6.45) is 0. The van der Waals surface area contributed by atoms with E-state index in [0.29, 0.717) is 26.9 Å². The van der Waals surface area contributed by atoms with Gasteiger partial charge in [-0.15, -0.1) is 0 Å². The normalized spacial score (nSPS) is 17.2. The van der Waals surface area contributed by atoms with E-state index >= 15 is 0 Å². The minimum Gasteiger partial charge on any atom is -0.465 e. The highest BCUT2D eigenvalue weighted by atomic mass is 35.5. The molecule has 1 aliphatic rings. The Morgan fingerprint density at radius 1 is 1.00 bits per heavy atom. The first kappa shape index (κ1) is 25.4. The number of nitriles is 1. The Hall–Kier alpha value is -3.66. The summed E-state index contributed by atoms with van der Waals surface area (Å²) in [6.45, 7) is 1.92. The number of nitrogens with zero attached hydrogens (tertiary/aromatic N) is 2. The van der Waals surface area contributed by atoms with E-state index in [1.165, 1.54) is 11.8 Å². The van der Waals surface area contributed by atoms with E-state index in [9.17, 15) is 14.9 Å². The molecule has 36 heavy (non-hydrogen) atoms. The molecule has 2 unspecified atom stereocenters. The lowest BCUT2D eigenvalue weighted by atomic mass is 9.75. The molecule has 0 aromatic heterocycles. The quantitative estimate of drug-likeness (QED) is 0.254. The lowest BCUT2D eigenvalue weighted by Gasteiger charge is -2.32. The van der Waals surface area contributed by atoms with Gasteiger partial charge >= 0.3 is 5.97 Å². The highest BCUT2D eigenvalue weighted by molar-refractivity contribution is 8.03. The van der Waals surface area contributed by atoms with Crippen LogP contribution < -0.4 is 0 Å².